The molecule has 0 aliphatic carbocycles. The minimum Gasteiger partial charge on any atom is -0.393 e. The highest BCUT2D eigenvalue weighted by atomic mass is 79.9. The molecule has 18 heavy (non-hydrogen) atoms. The normalized spacial score (nSPS) is 24.1. The van der Waals surface area contributed by atoms with Crippen LogP contribution >= 0.6 is 27.5 Å². The monoisotopic (exact) mass is 331 g/mol. The van der Waals surface area contributed by atoms with Crippen LogP contribution in [0.3, 0.4) is 0 Å². The van der Waals surface area contributed by atoms with Gasteiger partial charge >= 0.3 is 0 Å². The maximum Gasteiger partial charge on any atom is 0.253 e. The highest BCUT2D eigenvalue weighted by molar-refractivity contribution is 9.10. The van der Waals surface area contributed by atoms with E-state index >= 15 is 0 Å². The van der Waals surface area contributed by atoms with Crippen molar-refractivity contribution in [1.82, 2.24) is 4.90 Å². The number of hydrogen-bond donors (Lipinski definition) is 1. The van der Waals surface area contributed by atoms with Crippen LogP contribution in [0, 0.1) is 5.92 Å². The van der Waals surface area contributed by atoms with E-state index < -0.39 is 0 Å². The third-order valence-corrected chi connectivity index (χ3v) is 4.53. The van der Waals surface area contributed by atoms with Crippen LogP contribution in [0.1, 0.15) is 23.7 Å². The SMILES string of the molecule is CC1CN(C(=O)c2ccc(Cl)c(Br)c2)CCC1O. The molecule has 0 aromatic heterocycles. The summed E-state index contributed by atoms with van der Waals surface area (Å²) in [7, 11) is 0. The van der Waals surface area contributed by atoms with Crippen molar-refractivity contribution in [2.45, 2.75) is 19.4 Å². The molecule has 3 nitrogen and oxygen atoms in total. The number of rotatable bonds is 1. The zero-order valence-electron chi connectivity index (χ0n) is 10.1. The van der Waals surface area contributed by atoms with Crippen LogP contribution < -0.4 is 0 Å². The van der Waals surface area contributed by atoms with Crippen molar-refractivity contribution in [1.29, 1.82) is 0 Å². The zero-order valence-corrected chi connectivity index (χ0v) is 12.4. The van der Waals surface area contributed by atoms with Crippen LogP contribution in [-0.2, 0) is 0 Å². The summed E-state index contributed by atoms with van der Waals surface area (Å²) in [6.07, 6.45) is 0.341. The van der Waals surface area contributed by atoms with E-state index in [1.807, 2.05) is 6.92 Å². The lowest BCUT2D eigenvalue weighted by Gasteiger charge is -2.34. The first-order valence-electron chi connectivity index (χ1n) is 5.91. The number of nitrogens with zero attached hydrogens (tertiary/aromatic N) is 1. The van der Waals surface area contributed by atoms with Crippen LogP contribution in [0.5, 0.6) is 0 Å². The van der Waals surface area contributed by atoms with E-state index in [2.05, 4.69) is 15.9 Å². The molecular weight excluding hydrogens is 318 g/mol. The molecular formula is C13H15BrClNO2. The van der Waals surface area contributed by atoms with Gasteiger partial charge in [0, 0.05) is 23.1 Å². The van der Waals surface area contributed by atoms with Gasteiger partial charge in [-0.05, 0) is 46.5 Å². The van der Waals surface area contributed by atoms with E-state index in [0.717, 1.165) is 4.47 Å². The lowest BCUT2D eigenvalue weighted by atomic mass is 9.96. The number of amides is 1. The average molecular weight is 333 g/mol. The first-order chi connectivity index (χ1) is 8.49. The van der Waals surface area contributed by atoms with Gasteiger partial charge in [-0.15, -0.1) is 0 Å². The maximum atomic E-state index is 12.3. The third kappa shape index (κ3) is 2.87. The predicted molar refractivity (Wildman–Crippen MR) is 74.8 cm³/mol. The lowest BCUT2D eigenvalue weighted by molar-refractivity contribution is 0.0297. The van der Waals surface area contributed by atoms with Gasteiger partial charge in [-0.2, -0.15) is 0 Å². The molecule has 0 radical (unpaired) electrons. The molecule has 1 N–H and O–H groups in total. The fourth-order valence-corrected chi connectivity index (χ4v) is 2.63. The van der Waals surface area contributed by atoms with E-state index in [1.165, 1.54) is 0 Å². The fraction of sp³-hybridized carbons (Fsp3) is 0.462. The predicted octanol–water partition coefficient (Wildman–Crippen LogP) is 2.95. The van der Waals surface area contributed by atoms with Crippen molar-refractivity contribution in [3.8, 4) is 0 Å². The molecule has 1 aliphatic rings. The first kappa shape index (κ1) is 13.8. The summed E-state index contributed by atoms with van der Waals surface area (Å²) in [6, 6.07) is 5.17. The van der Waals surface area contributed by atoms with Gasteiger partial charge in [-0.25, -0.2) is 0 Å². The van der Waals surface area contributed by atoms with Gasteiger partial charge in [0.15, 0.2) is 0 Å². The van der Waals surface area contributed by atoms with Gasteiger partial charge in [0.2, 0.25) is 0 Å². The van der Waals surface area contributed by atoms with Crippen molar-refractivity contribution in [3.63, 3.8) is 0 Å². The number of aliphatic hydroxyl groups excluding tert-OH is 1. The summed E-state index contributed by atoms with van der Waals surface area (Å²) in [4.78, 5) is 14.1. The van der Waals surface area contributed by atoms with Crippen LogP contribution in [-0.4, -0.2) is 35.1 Å². The number of likely N-dealkylation sites (tertiary alicyclic amines) is 1. The van der Waals surface area contributed by atoms with E-state index in [-0.39, 0.29) is 17.9 Å². The number of halogens is 2. The number of benzene rings is 1. The summed E-state index contributed by atoms with van der Waals surface area (Å²) in [5.41, 5.74) is 0.620. The van der Waals surface area contributed by atoms with E-state index in [1.54, 1.807) is 23.1 Å². The maximum absolute atomic E-state index is 12.3. The van der Waals surface area contributed by atoms with Gasteiger partial charge in [0.1, 0.15) is 0 Å². The Balaban J connectivity index is 2.14. The Bertz CT molecular complexity index is 466. The number of aliphatic hydroxyl groups is 1. The molecule has 1 amide bonds. The quantitative estimate of drug-likeness (QED) is 0.859. The van der Waals surface area contributed by atoms with Crippen molar-refractivity contribution in [3.05, 3.63) is 33.3 Å². The Hall–Kier alpha value is -0.580. The molecule has 1 saturated heterocycles. The molecule has 2 atom stereocenters. The lowest BCUT2D eigenvalue weighted by Crippen LogP contribution is -2.44. The van der Waals surface area contributed by atoms with Crippen molar-refractivity contribution in [2.75, 3.05) is 13.1 Å². The Labute approximate surface area is 120 Å². The smallest absolute Gasteiger partial charge is 0.253 e. The average Bonchev–Trinajstić information content (AvgIpc) is 2.35. The Morgan fingerprint density at radius 2 is 2.28 bits per heavy atom. The van der Waals surface area contributed by atoms with Crippen molar-refractivity contribution in [2.24, 2.45) is 5.92 Å². The summed E-state index contributed by atoms with van der Waals surface area (Å²) in [5.74, 6) is 0.115. The summed E-state index contributed by atoms with van der Waals surface area (Å²) in [5, 5.41) is 10.3. The second-order valence-corrected chi connectivity index (χ2v) is 5.97. The molecule has 1 aromatic carbocycles. The van der Waals surface area contributed by atoms with Crippen molar-refractivity contribution >= 4 is 33.4 Å². The molecule has 1 aliphatic heterocycles. The Morgan fingerprint density at radius 1 is 1.56 bits per heavy atom. The molecule has 1 fully saturated rings. The second kappa shape index (κ2) is 5.59. The van der Waals surface area contributed by atoms with Gasteiger partial charge < -0.3 is 10.0 Å². The number of carbonyl (C=O) groups excluding carboxylic acids is 1. The third-order valence-electron chi connectivity index (χ3n) is 3.31. The Kier molecular flexibility index (Phi) is 4.30. The molecule has 2 rings (SSSR count). The standard InChI is InChI=1S/C13H15BrClNO2/c1-8-7-16(5-4-12(8)17)13(18)9-2-3-11(15)10(14)6-9/h2-3,6,8,12,17H,4-5,7H2,1H3. The fourth-order valence-electron chi connectivity index (χ4n) is 2.13. The molecule has 98 valence electrons. The summed E-state index contributed by atoms with van der Waals surface area (Å²) >= 11 is 9.23. The summed E-state index contributed by atoms with van der Waals surface area (Å²) < 4.78 is 0.722. The van der Waals surface area contributed by atoms with Crippen molar-refractivity contribution < 1.29 is 9.90 Å². The topological polar surface area (TPSA) is 40.5 Å². The van der Waals surface area contributed by atoms with Crippen LogP contribution in [0.4, 0.5) is 0 Å². The summed E-state index contributed by atoms with van der Waals surface area (Å²) in [6.45, 7) is 3.16. The minimum absolute atomic E-state index is 0.00823. The van der Waals surface area contributed by atoms with Crippen LogP contribution in [0.15, 0.2) is 22.7 Å². The van der Waals surface area contributed by atoms with Gasteiger partial charge in [-0.1, -0.05) is 18.5 Å². The van der Waals surface area contributed by atoms with E-state index in [4.69, 9.17) is 11.6 Å². The molecule has 5 heteroatoms. The van der Waals surface area contributed by atoms with E-state index in [0.29, 0.717) is 30.1 Å². The second-order valence-electron chi connectivity index (χ2n) is 4.71. The molecule has 0 bridgehead atoms. The minimum atomic E-state index is -0.300. The largest absolute Gasteiger partial charge is 0.393 e. The highest BCUT2D eigenvalue weighted by Crippen LogP contribution is 2.25. The molecule has 2 unspecified atom stereocenters. The molecule has 0 spiro atoms. The molecule has 1 heterocycles. The first-order valence-corrected chi connectivity index (χ1v) is 7.08. The van der Waals surface area contributed by atoms with Gasteiger partial charge in [0.25, 0.3) is 5.91 Å². The highest BCUT2D eigenvalue weighted by Gasteiger charge is 2.27. The van der Waals surface area contributed by atoms with Crippen LogP contribution in [0.2, 0.25) is 5.02 Å². The number of hydrogen-bond acceptors (Lipinski definition) is 2. The van der Waals surface area contributed by atoms with Gasteiger partial charge in [-0.3, -0.25) is 4.79 Å². The molecule has 1 aromatic rings. The zero-order chi connectivity index (χ0) is 13.3. The Morgan fingerprint density at radius 3 is 2.89 bits per heavy atom. The molecule has 0 saturated carbocycles. The number of carbonyl (C=O) groups is 1. The van der Waals surface area contributed by atoms with Crippen LogP contribution in [0.25, 0.3) is 0 Å². The van der Waals surface area contributed by atoms with Gasteiger partial charge in [0.05, 0.1) is 11.1 Å². The van der Waals surface area contributed by atoms with E-state index in [9.17, 15) is 9.90 Å². The number of piperidine rings is 1.